The minimum atomic E-state index is -1.75. The fraction of sp³-hybridized carbons (Fsp3) is 0.273. The molecule has 1 rings (SSSR count). The summed E-state index contributed by atoms with van der Waals surface area (Å²) in [6, 6.07) is 4.27. The number of aliphatic hydroxyl groups is 1. The molecule has 1 unspecified atom stereocenters. The number of phenolic OH excluding ortho intramolecular Hbond substituents is 1. The number of aromatic hydroxyl groups is 1. The van der Waals surface area contributed by atoms with Crippen LogP contribution in [0.4, 0.5) is 0 Å². The number of carboxylic acid groups (broad SMARTS) is 1. The van der Waals surface area contributed by atoms with E-state index in [9.17, 15) is 19.8 Å². The summed E-state index contributed by atoms with van der Waals surface area (Å²) in [4.78, 5) is 20.7. The number of aliphatic carboxylic acids is 1. The number of rotatable bonds is 5. The number of carbonyl (C=O) groups excluding carboxylic acids is 1. The van der Waals surface area contributed by atoms with Gasteiger partial charge in [-0.3, -0.25) is 0 Å². The molecular weight excluding hydrogens is 212 g/mol. The Morgan fingerprint density at radius 2 is 2.12 bits per heavy atom. The van der Waals surface area contributed by atoms with Gasteiger partial charge in [-0.05, 0) is 24.1 Å². The zero-order chi connectivity index (χ0) is 12.1. The zero-order valence-electron chi connectivity index (χ0n) is 8.46. The van der Waals surface area contributed by atoms with Crippen molar-refractivity contribution in [3.05, 3.63) is 29.3 Å². The normalized spacial score (nSPS) is 12.1. The largest absolute Gasteiger partial charge is 0.508 e. The minimum Gasteiger partial charge on any atom is -0.508 e. The van der Waals surface area contributed by atoms with E-state index in [2.05, 4.69) is 0 Å². The highest BCUT2D eigenvalue weighted by Gasteiger charge is 2.19. The van der Waals surface area contributed by atoms with Crippen LogP contribution < -0.4 is 0 Å². The molecular formula is C11H12O5. The average Bonchev–Trinajstić information content (AvgIpc) is 2.27. The molecule has 0 spiro atoms. The van der Waals surface area contributed by atoms with E-state index in [1.807, 2.05) is 0 Å². The molecule has 1 aromatic rings. The number of carboxylic acids is 1. The summed E-state index contributed by atoms with van der Waals surface area (Å²) in [6.07, 6.45) is -0.243. The molecule has 1 atom stereocenters. The summed E-state index contributed by atoms with van der Waals surface area (Å²) in [5.41, 5.74) is 0.635. The summed E-state index contributed by atoms with van der Waals surface area (Å²) in [6.45, 7) is 0. The van der Waals surface area contributed by atoms with Crippen LogP contribution in [0.15, 0.2) is 18.2 Å². The van der Waals surface area contributed by atoms with Crippen LogP contribution in [0.3, 0.4) is 0 Å². The summed E-state index contributed by atoms with van der Waals surface area (Å²) < 4.78 is 0. The highest BCUT2D eigenvalue weighted by molar-refractivity contribution is 5.75. The van der Waals surface area contributed by atoms with E-state index in [4.69, 9.17) is 5.11 Å². The fourth-order valence-corrected chi connectivity index (χ4v) is 1.34. The number of hydrogen-bond donors (Lipinski definition) is 3. The molecule has 16 heavy (non-hydrogen) atoms. The number of aryl methyl sites for hydroxylation is 1. The van der Waals surface area contributed by atoms with Crippen molar-refractivity contribution >= 4 is 12.3 Å². The third-order valence-electron chi connectivity index (χ3n) is 2.17. The Kier molecular flexibility index (Phi) is 4.02. The number of hydrogen-bond acceptors (Lipinski definition) is 4. The number of aldehydes is 1. The quantitative estimate of drug-likeness (QED) is 0.638. The van der Waals surface area contributed by atoms with Gasteiger partial charge in [-0.2, -0.15) is 0 Å². The lowest BCUT2D eigenvalue weighted by Crippen LogP contribution is -2.11. The van der Waals surface area contributed by atoms with Gasteiger partial charge in [0.15, 0.2) is 6.10 Å². The van der Waals surface area contributed by atoms with Crippen molar-refractivity contribution < 1.29 is 24.9 Å². The predicted octanol–water partition coefficient (Wildman–Crippen LogP) is 0.642. The van der Waals surface area contributed by atoms with Crippen LogP contribution in [0.5, 0.6) is 5.75 Å². The summed E-state index contributed by atoms with van der Waals surface area (Å²) >= 11 is 0. The Morgan fingerprint density at radius 3 is 2.69 bits per heavy atom. The maximum absolute atomic E-state index is 10.6. The van der Waals surface area contributed by atoms with Crippen molar-refractivity contribution in [2.45, 2.75) is 18.9 Å². The van der Waals surface area contributed by atoms with Gasteiger partial charge in [0, 0.05) is 12.0 Å². The number of benzene rings is 1. The lowest BCUT2D eigenvalue weighted by atomic mass is 10.0. The van der Waals surface area contributed by atoms with E-state index in [1.54, 1.807) is 6.07 Å². The highest BCUT2D eigenvalue weighted by Crippen LogP contribution is 2.25. The summed E-state index contributed by atoms with van der Waals surface area (Å²) in [5.74, 6) is -1.70. The fourth-order valence-electron chi connectivity index (χ4n) is 1.34. The van der Waals surface area contributed by atoms with Crippen LogP contribution >= 0.6 is 0 Å². The maximum atomic E-state index is 10.6. The lowest BCUT2D eigenvalue weighted by Gasteiger charge is -2.09. The van der Waals surface area contributed by atoms with Gasteiger partial charge >= 0.3 is 5.97 Å². The zero-order valence-corrected chi connectivity index (χ0v) is 8.46. The van der Waals surface area contributed by atoms with Crippen molar-refractivity contribution in [1.29, 1.82) is 0 Å². The maximum Gasteiger partial charge on any atom is 0.337 e. The lowest BCUT2D eigenvalue weighted by molar-refractivity contribution is -0.147. The first-order chi connectivity index (χ1) is 7.56. The van der Waals surface area contributed by atoms with E-state index in [0.717, 1.165) is 6.29 Å². The smallest absolute Gasteiger partial charge is 0.337 e. The molecule has 0 heterocycles. The Bertz CT molecular complexity index is 399. The van der Waals surface area contributed by atoms with E-state index >= 15 is 0 Å². The molecule has 5 nitrogen and oxygen atoms in total. The molecule has 0 aliphatic heterocycles. The second-order valence-electron chi connectivity index (χ2n) is 3.34. The first-order valence-electron chi connectivity index (χ1n) is 4.72. The van der Waals surface area contributed by atoms with Crippen LogP contribution in [0.2, 0.25) is 0 Å². The molecule has 0 saturated carbocycles. The molecule has 0 aliphatic carbocycles. The van der Waals surface area contributed by atoms with E-state index in [1.165, 1.54) is 12.1 Å². The van der Waals surface area contributed by atoms with Gasteiger partial charge in [-0.1, -0.05) is 6.07 Å². The topological polar surface area (TPSA) is 94.8 Å². The number of carbonyl (C=O) groups is 2. The molecule has 0 bridgehead atoms. The van der Waals surface area contributed by atoms with E-state index in [-0.39, 0.29) is 11.3 Å². The molecule has 0 fully saturated rings. The van der Waals surface area contributed by atoms with Gasteiger partial charge in [0.05, 0.1) is 0 Å². The van der Waals surface area contributed by atoms with Gasteiger partial charge in [0.1, 0.15) is 12.0 Å². The van der Waals surface area contributed by atoms with Crippen LogP contribution in [-0.4, -0.2) is 27.6 Å². The van der Waals surface area contributed by atoms with Crippen molar-refractivity contribution in [2.75, 3.05) is 0 Å². The van der Waals surface area contributed by atoms with Gasteiger partial charge in [0.2, 0.25) is 0 Å². The first-order valence-corrected chi connectivity index (χ1v) is 4.72. The standard InChI is InChI=1S/C11H12O5/c12-5-1-2-7-3-4-9(13)8(6-7)10(14)11(15)16/h3-6,10,13-14H,1-2H2,(H,15,16). The third-order valence-corrected chi connectivity index (χ3v) is 2.17. The van der Waals surface area contributed by atoms with Crippen molar-refractivity contribution in [3.8, 4) is 5.75 Å². The third kappa shape index (κ3) is 2.80. The Labute approximate surface area is 92.0 Å². The summed E-state index contributed by atoms with van der Waals surface area (Å²) in [5, 5.41) is 27.3. The van der Waals surface area contributed by atoms with Gasteiger partial charge < -0.3 is 20.1 Å². The molecule has 3 N–H and O–H groups in total. The van der Waals surface area contributed by atoms with Crippen molar-refractivity contribution in [1.82, 2.24) is 0 Å². The van der Waals surface area contributed by atoms with Gasteiger partial charge in [-0.25, -0.2) is 4.79 Å². The Hall–Kier alpha value is -1.88. The Morgan fingerprint density at radius 1 is 1.44 bits per heavy atom. The Balaban J connectivity index is 2.98. The molecule has 1 aromatic carbocycles. The molecule has 5 heteroatoms. The molecule has 86 valence electrons. The molecule has 0 aliphatic rings. The second-order valence-corrected chi connectivity index (χ2v) is 3.34. The molecule has 0 amide bonds. The number of aliphatic hydroxyl groups excluding tert-OH is 1. The predicted molar refractivity (Wildman–Crippen MR) is 55.1 cm³/mol. The van der Waals surface area contributed by atoms with Crippen LogP contribution in [0.1, 0.15) is 23.7 Å². The number of phenols is 1. The molecule has 0 radical (unpaired) electrons. The van der Waals surface area contributed by atoms with E-state index < -0.39 is 12.1 Å². The summed E-state index contributed by atoms with van der Waals surface area (Å²) in [7, 11) is 0. The highest BCUT2D eigenvalue weighted by atomic mass is 16.4. The van der Waals surface area contributed by atoms with Gasteiger partial charge in [0.25, 0.3) is 0 Å². The molecule has 0 aromatic heterocycles. The second kappa shape index (κ2) is 5.27. The first kappa shape index (κ1) is 12.2. The monoisotopic (exact) mass is 224 g/mol. The van der Waals surface area contributed by atoms with Crippen LogP contribution in [-0.2, 0) is 16.0 Å². The SMILES string of the molecule is O=CCCc1ccc(O)c(C(O)C(=O)O)c1. The van der Waals surface area contributed by atoms with Crippen LogP contribution in [0.25, 0.3) is 0 Å². The average molecular weight is 224 g/mol. The molecule has 0 saturated heterocycles. The van der Waals surface area contributed by atoms with Gasteiger partial charge in [-0.15, -0.1) is 0 Å². The van der Waals surface area contributed by atoms with Crippen LogP contribution in [0, 0.1) is 0 Å². The van der Waals surface area contributed by atoms with Crippen molar-refractivity contribution in [2.24, 2.45) is 0 Å². The van der Waals surface area contributed by atoms with E-state index in [0.29, 0.717) is 18.4 Å². The minimum absolute atomic E-state index is 0.0594. The van der Waals surface area contributed by atoms with Crippen molar-refractivity contribution in [3.63, 3.8) is 0 Å².